The highest BCUT2D eigenvalue weighted by molar-refractivity contribution is 7.89. The van der Waals surface area contributed by atoms with E-state index in [1.807, 2.05) is 6.92 Å². The van der Waals surface area contributed by atoms with Gasteiger partial charge in [-0.15, -0.1) is 0 Å². The second-order valence-electron chi connectivity index (χ2n) is 5.59. The van der Waals surface area contributed by atoms with E-state index in [-0.39, 0.29) is 10.5 Å². The molecule has 1 aromatic carbocycles. The van der Waals surface area contributed by atoms with Crippen LogP contribution >= 0.6 is 0 Å². The average molecular weight is 311 g/mol. The molecule has 0 saturated heterocycles. The van der Waals surface area contributed by atoms with Crippen molar-refractivity contribution < 1.29 is 18.3 Å². The molecule has 1 saturated carbocycles. The van der Waals surface area contributed by atoms with Crippen molar-refractivity contribution in [3.63, 3.8) is 0 Å². The highest BCUT2D eigenvalue weighted by atomic mass is 32.2. The molecule has 1 fully saturated rings. The van der Waals surface area contributed by atoms with Gasteiger partial charge in [0, 0.05) is 13.1 Å². The van der Waals surface area contributed by atoms with Gasteiger partial charge in [0.1, 0.15) is 0 Å². The van der Waals surface area contributed by atoms with Crippen LogP contribution in [0, 0.1) is 12.8 Å². The largest absolute Gasteiger partial charge is 0.478 e. The summed E-state index contributed by atoms with van der Waals surface area (Å²) in [6, 6.07) is 4.25. The quantitative estimate of drug-likeness (QED) is 0.839. The van der Waals surface area contributed by atoms with Gasteiger partial charge in [-0.1, -0.05) is 13.0 Å². The summed E-state index contributed by atoms with van der Waals surface area (Å²) in [5, 5.41) is 9.05. The molecule has 0 radical (unpaired) electrons. The molecule has 0 spiro atoms. The lowest BCUT2D eigenvalue weighted by Gasteiger charge is -2.22. The predicted octanol–water partition coefficient (Wildman–Crippen LogP) is 2.50. The minimum Gasteiger partial charge on any atom is -0.478 e. The number of benzene rings is 1. The number of hydrogen-bond acceptors (Lipinski definition) is 3. The molecule has 6 heteroatoms. The molecular weight excluding hydrogens is 290 g/mol. The van der Waals surface area contributed by atoms with Gasteiger partial charge in [-0.3, -0.25) is 0 Å². The van der Waals surface area contributed by atoms with Crippen molar-refractivity contribution in [2.75, 3.05) is 13.1 Å². The first kappa shape index (κ1) is 16.0. The van der Waals surface area contributed by atoms with Crippen molar-refractivity contribution >= 4 is 16.0 Å². The molecule has 1 aliphatic carbocycles. The number of carboxylic acids is 1. The molecule has 116 valence electrons. The van der Waals surface area contributed by atoms with Gasteiger partial charge in [-0.25, -0.2) is 13.2 Å². The number of sulfonamides is 1. The van der Waals surface area contributed by atoms with Crippen molar-refractivity contribution in [3.8, 4) is 0 Å². The fourth-order valence-corrected chi connectivity index (χ4v) is 4.16. The zero-order valence-electron chi connectivity index (χ0n) is 12.4. The van der Waals surface area contributed by atoms with E-state index in [0.717, 1.165) is 19.3 Å². The van der Waals surface area contributed by atoms with Crippen LogP contribution in [0.4, 0.5) is 0 Å². The summed E-state index contributed by atoms with van der Waals surface area (Å²) in [5.74, 6) is -0.662. The first-order valence-electron chi connectivity index (χ1n) is 7.20. The zero-order chi connectivity index (χ0) is 15.6. The van der Waals surface area contributed by atoms with Gasteiger partial charge in [-0.05, 0) is 49.8 Å². The van der Waals surface area contributed by atoms with Crippen molar-refractivity contribution in [1.29, 1.82) is 0 Å². The fraction of sp³-hybridized carbons (Fsp3) is 0.533. The van der Waals surface area contributed by atoms with Crippen LogP contribution in [0.5, 0.6) is 0 Å². The normalized spacial score (nSPS) is 15.4. The van der Waals surface area contributed by atoms with E-state index in [4.69, 9.17) is 5.11 Å². The highest BCUT2D eigenvalue weighted by Gasteiger charge is 2.32. The lowest BCUT2D eigenvalue weighted by Crippen LogP contribution is -2.34. The van der Waals surface area contributed by atoms with Crippen LogP contribution < -0.4 is 0 Å². The van der Waals surface area contributed by atoms with E-state index < -0.39 is 16.0 Å². The Morgan fingerprint density at radius 1 is 1.38 bits per heavy atom. The summed E-state index contributed by atoms with van der Waals surface area (Å²) in [4.78, 5) is 11.2. The van der Waals surface area contributed by atoms with E-state index in [0.29, 0.717) is 24.6 Å². The summed E-state index contributed by atoms with van der Waals surface area (Å²) >= 11 is 0. The van der Waals surface area contributed by atoms with Crippen LogP contribution in [0.1, 0.15) is 42.1 Å². The first-order chi connectivity index (χ1) is 9.86. The third kappa shape index (κ3) is 3.63. The van der Waals surface area contributed by atoms with E-state index in [1.165, 1.54) is 16.4 Å². The Morgan fingerprint density at radius 2 is 2.05 bits per heavy atom. The van der Waals surface area contributed by atoms with Gasteiger partial charge < -0.3 is 5.11 Å². The maximum absolute atomic E-state index is 12.8. The number of carboxylic acid groups (broad SMARTS) is 1. The second kappa shape index (κ2) is 6.15. The van der Waals surface area contributed by atoms with Crippen LogP contribution in [-0.2, 0) is 10.0 Å². The van der Waals surface area contributed by atoms with Crippen LogP contribution in [0.25, 0.3) is 0 Å². The van der Waals surface area contributed by atoms with Gasteiger partial charge in [0.05, 0.1) is 10.5 Å². The Labute approximate surface area is 125 Å². The number of aromatic carboxylic acids is 1. The Balaban J connectivity index is 2.40. The highest BCUT2D eigenvalue weighted by Crippen LogP contribution is 2.32. The van der Waals surface area contributed by atoms with Crippen molar-refractivity contribution in [3.05, 3.63) is 29.3 Å². The third-order valence-electron chi connectivity index (χ3n) is 3.68. The maximum Gasteiger partial charge on any atom is 0.335 e. The number of nitrogens with zero attached hydrogens (tertiary/aromatic N) is 1. The minimum absolute atomic E-state index is 0.00189. The van der Waals surface area contributed by atoms with E-state index >= 15 is 0 Å². The summed E-state index contributed by atoms with van der Waals surface area (Å²) in [5.41, 5.74) is 0.582. The molecule has 2 rings (SSSR count). The molecule has 0 atom stereocenters. The van der Waals surface area contributed by atoms with Gasteiger partial charge in [0.15, 0.2) is 0 Å². The van der Waals surface area contributed by atoms with Crippen LogP contribution in [0.2, 0.25) is 0 Å². The number of aryl methyl sites for hydroxylation is 1. The molecule has 5 nitrogen and oxygen atoms in total. The molecule has 0 bridgehead atoms. The van der Waals surface area contributed by atoms with Crippen molar-refractivity contribution in [2.24, 2.45) is 5.92 Å². The number of hydrogen-bond donors (Lipinski definition) is 1. The van der Waals surface area contributed by atoms with Crippen LogP contribution in [0.3, 0.4) is 0 Å². The Morgan fingerprint density at radius 3 is 2.57 bits per heavy atom. The Hall–Kier alpha value is -1.40. The smallest absolute Gasteiger partial charge is 0.335 e. The minimum atomic E-state index is -3.63. The molecule has 0 aliphatic heterocycles. The lowest BCUT2D eigenvalue weighted by molar-refractivity contribution is 0.0696. The molecule has 0 aromatic heterocycles. The van der Waals surface area contributed by atoms with Crippen molar-refractivity contribution in [1.82, 2.24) is 4.31 Å². The summed E-state index contributed by atoms with van der Waals surface area (Å²) < 4.78 is 27.1. The molecule has 21 heavy (non-hydrogen) atoms. The molecule has 0 amide bonds. The van der Waals surface area contributed by atoms with Crippen molar-refractivity contribution in [2.45, 2.75) is 38.0 Å². The van der Waals surface area contributed by atoms with Gasteiger partial charge in [0.2, 0.25) is 10.0 Å². The monoisotopic (exact) mass is 311 g/mol. The zero-order valence-corrected chi connectivity index (χ0v) is 13.2. The Bertz CT molecular complexity index is 635. The molecule has 0 unspecified atom stereocenters. The molecule has 1 aromatic rings. The molecular formula is C15H21NO4S. The second-order valence-corrected chi connectivity index (χ2v) is 7.50. The number of rotatable bonds is 7. The first-order valence-corrected chi connectivity index (χ1v) is 8.64. The SMILES string of the molecule is CCCN(CC1CC1)S(=O)(=O)c1cc(C(=O)O)ccc1C. The van der Waals surface area contributed by atoms with E-state index in [1.54, 1.807) is 13.0 Å². The Kier molecular flexibility index (Phi) is 4.68. The van der Waals surface area contributed by atoms with E-state index in [2.05, 4.69) is 0 Å². The fourth-order valence-electron chi connectivity index (χ4n) is 2.30. The van der Waals surface area contributed by atoms with Gasteiger partial charge >= 0.3 is 5.97 Å². The standard InChI is InChI=1S/C15H21NO4S/c1-3-8-16(10-12-5-6-12)21(19,20)14-9-13(15(17)18)7-4-11(14)2/h4,7,9,12H,3,5-6,8,10H2,1-2H3,(H,17,18). The van der Waals surface area contributed by atoms with Gasteiger partial charge in [-0.2, -0.15) is 4.31 Å². The lowest BCUT2D eigenvalue weighted by atomic mass is 10.1. The third-order valence-corrected chi connectivity index (χ3v) is 5.69. The van der Waals surface area contributed by atoms with Crippen LogP contribution in [0.15, 0.2) is 23.1 Å². The maximum atomic E-state index is 12.8. The molecule has 1 N–H and O–H groups in total. The topological polar surface area (TPSA) is 74.7 Å². The average Bonchev–Trinajstić information content (AvgIpc) is 3.22. The van der Waals surface area contributed by atoms with Crippen LogP contribution in [-0.4, -0.2) is 36.9 Å². The molecule has 1 aliphatic rings. The summed E-state index contributed by atoms with van der Waals surface area (Å²) in [6.45, 7) is 4.64. The number of carbonyl (C=O) groups is 1. The predicted molar refractivity (Wildman–Crippen MR) is 79.9 cm³/mol. The summed E-state index contributed by atoms with van der Waals surface area (Å²) in [7, 11) is -3.63. The summed E-state index contributed by atoms with van der Waals surface area (Å²) in [6.07, 6.45) is 2.89. The molecule has 0 heterocycles. The van der Waals surface area contributed by atoms with Gasteiger partial charge in [0.25, 0.3) is 0 Å². The van der Waals surface area contributed by atoms with E-state index in [9.17, 15) is 13.2 Å².